The standard InChI is InChI=1S/C12H16F3N3O2/c1-8-10(20-9(2)16-8)11(19)18-5-3-17(4-6-18)7-12(13,14)15/h3-7H2,1-2H3. The van der Waals surface area contributed by atoms with Crippen LogP contribution >= 0.6 is 0 Å². The lowest BCUT2D eigenvalue weighted by atomic mass is 10.2. The molecule has 112 valence electrons. The molecule has 1 aromatic heterocycles. The molecule has 2 heterocycles. The van der Waals surface area contributed by atoms with E-state index in [2.05, 4.69) is 4.98 Å². The van der Waals surface area contributed by atoms with Gasteiger partial charge in [-0.05, 0) is 6.92 Å². The first kappa shape index (κ1) is 14.8. The Hall–Kier alpha value is -1.57. The predicted molar refractivity (Wildman–Crippen MR) is 64.4 cm³/mol. The minimum absolute atomic E-state index is 0.173. The van der Waals surface area contributed by atoms with E-state index >= 15 is 0 Å². The number of aryl methyl sites for hydroxylation is 2. The summed E-state index contributed by atoms with van der Waals surface area (Å²) >= 11 is 0. The van der Waals surface area contributed by atoms with Crippen LogP contribution in [0.5, 0.6) is 0 Å². The molecular formula is C12H16F3N3O2. The zero-order chi connectivity index (χ0) is 14.9. The van der Waals surface area contributed by atoms with E-state index in [0.717, 1.165) is 0 Å². The van der Waals surface area contributed by atoms with Gasteiger partial charge in [0.05, 0.1) is 12.2 Å². The van der Waals surface area contributed by atoms with Crippen LogP contribution in [-0.2, 0) is 0 Å². The zero-order valence-electron chi connectivity index (χ0n) is 11.3. The molecule has 1 aliphatic heterocycles. The quantitative estimate of drug-likeness (QED) is 0.830. The van der Waals surface area contributed by atoms with Crippen molar-refractivity contribution in [2.45, 2.75) is 20.0 Å². The number of nitrogens with zero attached hydrogens (tertiary/aromatic N) is 3. The van der Waals surface area contributed by atoms with E-state index in [1.165, 1.54) is 9.80 Å². The fourth-order valence-corrected chi connectivity index (χ4v) is 2.24. The van der Waals surface area contributed by atoms with Crippen LogP contribution in [0.1, 0.15) is 22.1 Å². The first-order valence-corrected chi connectivity index (χ1v) is 6.28. The number of rotatable bonds is 2. The van der Waals surface area contributed by atoms with Crippen LogP contribution in [-0.4, -0.2) is 59.6 Å². The molecule has 0 atom stereocenters. The zero-order valence-corrected chi connectivity index (χ0v) is 11.3. The highest BCUT2D eigenvalue weighted by Gasteiger charge is 2.33. The number of carbonyl (C=O) groups is 1. The van der Waals surface area contributed by atoms with E-state index in [1.807, 2.05) is 0 Å². The van der Waals surface area contributed by atoms with Gasteiger partial charge >= 0.3 is 6.18 Å². The van der Waals surface area contributed by atoms with Gasteiger partial charge in [-0.3, -0.25) is 9.69 Å². The largest absolute Gasteiger partial charge is 0.436 e. The second-order valence-electron chi connectivity index (χ2n) is 4.83. The molecule has 1 amide bonds. The Labute approximate surface area is 114 Å². The average Bonchev–Trinajstić information content (AvgIpc) is 2.66. The van der Waals surface area contributed by atoms with Crippen LogP contribution in [0.3, 0.4) is 0 Å². The van der Waals surface area contributed by atoms with Gasteiger partial charge < -0.3 is 9.32 Å². The Morgan fingerprint density at radius 1 is 1.25 bits per heavy atom. The normalized spacial score (nSPS) is 17.6. The molecule has 1 saturated heterocycles. The number of oxazole rings is 1. The maximum atomic E-state index is 12.3. The highest BCUT2D eigenvalue weighted by molar-refractivity contribution is 5.92. The van der Waals surface area contributed by atoms with Gasteiger partial charge in [0.1, 0.15) is 0 Å². The molecule has 0 aliphatic carbocycles. The van der Waals surface area contributed by atoms with E-state index in [1.54, 1.807) is 13.8 Å². The predicted octanol–water partition coefficient (Wildman–Crippen LogP) is 1.61. The Morgan fingerprint density at radius 2 is 1.85 bits per heavy atom. The molecule has 2 rings (SSSR count). The topological polar surface area (TPSA) is 49.6 Å². The van der Waals surface area contributed by atoms with E-state index in [-0.39, 0.29) is 37.8 Å². The summed E-state index contributed by atoms with van der Waals surface area (Å²) in [6.45, 7) is 3.31. The minimum atomic E-state index is -4.20. The summed E-state index contributed by atoms with van der Waals surface area (Å²) in [6.07, 6.45) is -4.20. The fraction of sp³-hybridized carbons (Fsp3) is 0.667. The second-order valence-corrected chi connectivity index (χ2v) is 4.83. The molecule has 0 radical (unpaired) electrons. The van der Waals surface area contributed by atoms with Crippen molar-refractivity contribution >= 4 is 5.91 Å². The highest BCUT2D eigenvalue weighted by atomic mass is 19.4. The molecule has 0 N–H and O–H groups in total. The summed E-state index contributed by atoms with van der Waals surface area (Å²) in [4.78, 5) is 19.0. The van der Waals surface area contributed by atoms with Gasteiger partial charge in [0.25, 0.3) is 5.91 Å². The van der Waals surface area contributed by atoms with Crippen LogP contribution in [0.15, 0.2) is 4.42 Å². The third-order valence-electron chi connectivity index (χ3n) is 3.16. The SMILES string of the molecule is Cc1nc(C)c(C(=O)N2CCN(CC(F)(F)F)CC2)o1. The van der Waals surface area contributed by atoms with Crippen LogP contribution in [0, 0.1) is 13.8 Å². The van der Waals surface area contributed by atoms with Crippen molar-refractivity contribution in [3.63, 3.8) is 0 Å². The molecule has 1 aromatic rings. The maximum absolute atomic E-state index is 12.3. The summed E-state index contributed by atoms with van der Waals surface area (Å²) in [5.74, 6) is 0.267. The van der Waals surface area contributed by atoms with Gasteiger partial charge in [0.15, 0.2) is 5.89 Å². The van der Waals surface area contributed by atoms with Crippen LogP contribution in [0.25, 0.3) is 0 Å². The number of alkyl halides is 3. The Balaban J connectivity index is 1.94. The van der Waals surface area contributed by atoms with E-state index in [9.17, 15) is 18.0 Å². The molecule has 5 nitrogen and oxygen atoms in total. The first-order chi connectivity index (χ1) is 9.26. The maximum Gasteiger partial charge on any atom is 0.401 e. The lowest BCUT2D eigenvalue weighted by Gasteiger charge is -2.34. The van der Waals surface area contributed by atoms with E-state index in [4.69, 9.17) is 4.42 Å². The van der Waals surface area contributed by atoms with Crippen molar-refractivity contribution in [2.24, 2.45) is 0 Å². The number of halogens is 3. The van der Waals surface area contributed by atoms with Crippen molar-refractivity contribution in [1.29, 1.82) is 0 Å². The number of amides is 1. The Morgan fingerprint density at radius 3 is 2.30 bits per heavy atom. The lowest BCUT2D eigenvalue weighted by molar-refractivity contribution is -0.148. The van der Waals surface area contributed by atoms with Gasteiger partial charge in [-0.1, -0.05) is 0 Å². The summed E-state index contributed by atoms with van der Waals surface area (Å²) in [5.41, 5.74) is 0.505. The van der Waals surface area contributed by atoms with Gasteiger partial charge in [-0.2, -0.15) is 13.2 Å². The number of carbonyl (C=O) groups excluding carboxylic acids is 1. The lowest BCUT2D eigenvalue weighted by Crippen LogP contribution is -2.50. The van der Waals surface area contributed by atoms with Crippen LogP contribution < -0.4 is 0 Å². The summed E-state index contributed by atoms with van der Waals surface area (Å²) < 4.78 is 42.1. The molecule has 0 aromatic carbocycles. The third-order valence-corrected chi connectivity index (χ3v) is 3.16. The number of hydrogen-bond acceptors (Lipinski definition) is 4. The fourth-order valence-electron chi connectivity index (χ4n) is 2.24. The van der Waals surface area contributed by atoms with Crippen molar-refractivity contribution in [3.05, 3.63) is 17.3 Å². The van der Waals surface area contributed by atoms with Crippen molar-refractivity contribution in [1.82, 2.24) is 14.8 Å². The molecule has 20 heavy (non-hydrogen) atoms. The monoisotopic (exact) mass is 291 g/mol. The molecule has 0 saturated carbocycles. The molecule has 1 fully saturated rings. The molecular weight excluding hydrogens is 275 g/mol. The van der Waals surface area contributed by atoms with Crippen molar-refractivity contribution in [3.8, 4) is 0 Å². The first-order valence-electron chi connectivity index (χ1n) is 6.28. The van der Waals surface area contributed by atoms with Gasteiger partial charge in [-0.15, -0.1) is 0 Å². The number of hydrogen-bond donors (Lipinski definition) is 0. The summed E-state index contributed by atoms with van der Waals surface area (Å²) in [7, 11) is 0. The van der Waals surface area contributed by atoms with Gasteiger partial charge in [0, 0.05) is 33.1 Å². The number of aromatic nitrogens is 1. The molecule has 0 unspecified atom stereocenters. The van der Waals surface area contributed by atoms with Crippen LogP contribution in [0.2, 0.25) is 0 Å². The molecule has 1 aliphatic rings. The molecule has 0 spiro atoms. The van der Waals surface area contributed by atoms with Crippen molar-refractivity contribution in [2.75, 3.05) is 32.7 Å². The Bertz CT molecular complexity index is 491. The summed E-state index contributed by atoms with van der Waals surface area (Å²) in [6, 6.07) is 0. The summed E-state index contributed by atoms with van der Waals surface area (Å²) in [5, 5.41) is 0. The van der Waals surface area contributed by atoms with Crippen LogP contribution in [0.4, 0.5) is 13.2 Å². The minimum Gasteiger partial charge on any atom is -0.436 e. The highest BCUT2D eigenvalue weighted by Crippen LogP contribution is 2.19. The van der Waals surface area contributed by atoms with Crippen molar-refractivity contribution < 1.29 is 22.4 Å². The third kappa shape index (κ3) is 3.50. The number of piperazine rings is 1. The van der Waals surface area contributed by atoms with Gasteiger partial charge in [-0.25, -0.2) is 4.98 Å². The molecule has 0 bridgehead atoms. The van der Waals surface area contributed by atoms with E-state index < -0.39 is 12.7 Å². The Kier molecular flexibility index (Phi) is 4.03. The van der Waals surface area contributed by atoms with Gasteiger partial charge in [0.2, 0.25) is 5.76 Å². The smallest absolute Gasteiger partial charge is 0.401 e. The van der Waals surface area contributed by atoms with E-state index in [0.29, 0.717) is 11.6 Å². The molecule has 8 heteroatoms. The average molecular weight is 291 g/mol. The second kappa shape index (κ2) is 5.43.